The second-order valence-electron chi connectivity index (χ2n) is 7.14. The largest absolute Gasteiger partial charge is 0.493 e. The van der Waals surface area contributed by atoms with Gasteiger partial charge >= 0.3 is 5.97 Å². The number of anilines is 1. The number of nitrogens with one attached hydrogen (secondary N) is 1. The molecule has 0 saturated heterocycles. The van der Waals surface area contributed by atoms with Crippen LogP contribution in [0.5, 0.6) is 11.5 Å². The van der Waals surface area contributed by atoms with E-state index < -0.39 is 5.97 Å². The number of rotatable bonds is 9. The maximum Gasteiger partial charge on any atom is 0.331 e. The molecule has 1 amide bonds. The average Bonchev–Trinajstić information content (AvgIpc) is 3.07. The first-order valence-corrected chi connectivity index (χ1v) is 10.1. The number of amides is 1. The van der Waals surface area contributed by atoms with E-state index in [1.54, 1.807) is 56.5 Å². The molecule has 0 saturated carbocycles. The molecule has 1 atom stereocenters. The van der Waals surface area contributed by atoms with E-state index >= 15 is 0 Å². The molecule has 0 spiro atoms. The zero-order valence-electron chi connectivity index (χ0n) is 17.8. The smallest absolute Gasteiger partial charge is 0.331 e. The minimum absolute atomic E-state index is 0.0993. The van der Waals surface area contributed by atoms with Crippen LogP contribution < -0.4 is 14.8 Å². The van der Waals surface area contributed by atoms with Crippen molar-refractivity contribution in [1.29, 1.82) is 0 Å². The van der Waals surface area contributed by atoms with Crippen LogP contribution in [-0.4, -0.2) is 38.0 Å². The molecular weight excluding hydrogens is 398 g/mol. The highest BCUT2D eigenvalue weighted by Gasteiger charge is 2.27. The monoisotopic (exact) mass is 423 g/mol. The van der Waals surface area contributed by atoms with Crippen LogP contribution in [0.2, 0.25) is 0 Å². The summed E-state index contributed by atoms with van der Waals surface area (Å²) in [5.41, 5.74) is 2.60. The lowest BCUT2D eigenvalue weighted by Crippen LogP contribution is -2.13. The Kier molecular flexibility index (Phi) is 7.07. The number of fused-ring (bicyclic) bond motifs is 1. The van der Waals surface area contributed by atoms with Gasteiger partial charge in [-0.25, -0.2) is 4.79 Å². The predicted molar refractivity (Wildman–Crippen MR) is 117 cm³/mol. The number of carbonyl (C=O) groups excluding carboxylic acids is 3. The van der Waals surface area contributed by atoms with E-state index in [-0.39, 0.29) is 24.2 Å². The fraction of sp³-hybridized carbons (Fsp3) is 0.292. The minimum Gasteiger partial charge on any atom is -0.493 e. The number of hydrogen-bond acceptors (Lipinski definition) is 6. The van der Waals surface area contributed by atoms with Gasteiger partial charge in [-0.2, -0.15) is 0 Å². The quantitative estimate of drug-likeness (QED) is 0.373. The lowest BCUT2D eigenvalue weighted by atomic mass is 9.99. The third-order valence-electron chi connectivity index (χ3n) is 4.90. The fourth-order valence-electron chi connectivity index (χ4n) is 3.14. The third-order valence-corrected chi connectivity index (χ3v) is 4.90. The van der Waals surface area contributed by atoms with Crippen LogP contribution in [0.1, 0.15) is 47.7 Å². The summed E-state index contributed by atoms with van der Waals surface area (Å²) in [6, 6.07) is 10.3. The zero-order valence-corrected chi connectivity index (χ0v) is 17.8. The molecule has 0 bridgehead atoms. The van der Waals surface area contributed by atoms with E-state index in [4.69, 9.17) is 14.2 Å². The van der Waals surface area contributed by atoms with Gasteiger partial charge in [0.2, 0.25) is 5.91 Å². The fourth-order valence-corrected chi connectivity index (χ4v) is 3.14. The highest BCUT2D eigenvalue weighted by atomic mass is 16.5. The van der Waals surface area contributed by atoms with Crippen molar-refractivity contribution in [3.05, 3.63) is 59.2 Å². The van der Waals surface area contributed by atoms with Gasteiger partial charge < -0.3 is 19.5 Å². The normalized spacial score (nSPS) is 14.8. The lowest BCUT2D eigenvalue weighted by molar-refractivity contribution is -0.136. The van der Waals surface area contributed by atoms with E-state index in [1.807, 2.05) is 6.92 Å². The van der Waals surface area contributed by atoms with Crippen molar-refractivity contribution in [2.45, 2.75) is 26.2 Å². The molecule has 2 aromatic carbocycles. The Hall–Kier alpha value is -3.61. The average molecular weight is 423 g/mol. The minimum atomic E-state index is -0.634. The summed E-state index contributed by atoms with van der Waals surface area (Å²) in [4.78, 5) is 36.1. The number of ether oxygens (including phenoxy) is 3. The van der Waals surface area contributed by atoms with Crippen LogP contribution >= 0.6 is 0 Å². The lowest BCUT2D eigenvalue weighted by Gasteiger charge is -2.10. The van der Waals surface area contributed by atoms with Gasteiger partial charge in [0.05, 0.1) is 19.6 Å². The molecule has 1 heterocycles. The molecule has 162 valence electrons. The van der Waals surface area contributed by atoms with Gasteiger partial charge in [-0.05, 0) is 60.9 Å². The van der Waals surface area contributed by atoms with Crippen LogP contribution in [0.25, 0.3) is 6.08 Å². The van der Waals surface area contributed by atoms with Crippen molar-refractivity contribution in [1.82, 2.24) is 0 Å². The summed E-state index contributed by atoms with van der Waals surface area (Å²) in [6.45, 7) is 3.99. The van der Waals surface area contributed by atoms with Gasteiger partial charge in [-0.3, -0.25) is 9.59 Å². The number of Topliss-reactive ketones (excluding diaryl/α,β-unsaturated/α-hetero) is 1. The number of hydrogen-bond donors (Lipinski definition) is 1. The Balaban J connectivity index is 1.57. The topological polar surface area (TPSA) is 90.9 Å². The first-order valence-electron chi connectivity index (χ1n) is 10.1. The molecular formula is C24H25NO6. The molecule has 2 aromatic rings. The van der Waals surface area contributed by atoms with E-state index in [9.17, 15) is 14.4 Å². The summed E-state index contributed by atoms with van der Waals surface area (Å²) >= 11 is 0. The van der Waals surface area contributed by atoms with Crippen LogP contribution in [0.4, 0.5) is 5.69 Å². The van der Waals surface area contributed by atoms with Gasteiger partial charge in [0.25, 0.3) is 0 Å². The van der Waals surface area contributed by atoms with E-state index in [1.165, 1.54) is 6.08 Å². The molecule has 1 aliphatic rings. The molecule has 7 nitrogen and oxygen atoms in total. The predicted octanol–water partition coefficient (Wildman–Crippen LogP) is 3.98. The van der Waals surface area contributed by atoms with Crippen molar-refractivity contribution >= 4 is 29.4 Å². The first kappa shape index (κ1) is 22.1. The van der Waals surface area contributed by atoms with Crippen molar-refractivity contribution < 1.29 is 28.6 Å². The van der Waals surface area contributed by atoms with Gasteiger partial charge in [-0.1, -0.05) is 13.0 Å². The Labute approximate surface area is 181 Å². The third kappa shape index (κ3) is 5.31. The Morgan fingerprint density at radius 1 is 1.13 bits per heavy atom. The van der Waals surface area contributed by atoms with Crippen LogP contribution in [-0.2, 0) is 14.3 Å². The summed E-state index contributed by atoms with van der Waals surface area (Å²) in [5, 5.41) is 2.76. The molecule has 7 heteroatoms. The summed E-state index contributed by atoms with van der Waals surface area (Å²) in [5.74, 6) is -0.185. The molecule has 0 radical (unpaired) electrons. The van der Waals surface area contributed by atoms with E-state index in [0.717, 1.165) is 17.5 Å². The number of ketones is 1. The zero-order chi connectivity index (χ0) is 22.4. The maximum atomic E-state index is 12.4. The first-order chi connectivity index (χ1) is 14.9. The molecule has 0 fully saturated rings. The SMILES string of the molecule is CCCOc1ccc(/C=C/C(=O)OCC(=O)c2ccc3c(c2)[C@H](C)C(=O)N3)cc1OC. The van der Waals surface area contributed by atoms with Gasteiger partial charge in [-0.15, -0.1) is 0 Å². The molecule has 0 aliphatic carbocycles. The Morgan fingerprint density at radius 3 is 2.68 bits per heavy atom. The highest BCUT2D eigenvalue weighted by molar-refractivity contribution is 6.05. The molecule has 0 aromatic heterocycles. The van der Waals surface area contributed by atoms with Crippen LogP contribution in [0.15, 0.2) is 42.5 Å². The molecule has 1 N–H and O–H groups in total. The standard InChI is InChI=1S/C24H25NO6/c1-4-11-30-21-9-5-16(12-22(21)29-3)6-10-23(27)31-14-20(26)17-7-8-19-18(13-17)15(2)24(28)25-19/h5-10,12-13,15H,4,11,14H2,1-3H3,(H,25,28)/b10-6+/t15-/m0/s1. The Morgan fingerprint density at radius 2 is 1.94 bits per heavy atom. The Bertz CT molecular complexity index is 1030. The van der Waals surface area contributed by atoms with Crippen molar-refractivity contribution in [3.63, 3.8) is 0 Å². The summed E-state index contributed by atoms with van der Waals surface area (Å²) in [6.07, 6.45) is 3.71. The van der Waals surface area contributed by atoms with Gasteiger partial charge in [0.15, 0.2) is 23.9 Å². The second kappa shape index (κ2) is 9.93. The van der Waals surface area contributed by atoms with Crippen LogP contribution in [0.3, 0.4) is 0 Å². The number of carbonyl (C=O) groups is 3. The molecule has 0 unspecified atom stereocenters. The van der Waals surface area contributed by atoms with Crippen LogP contribution in [0, 0.1) is 0 Å². The second-order valence-corrected chi connectivity index (χ2v) is 7.14. The van der Waals surface area contributed by atoms with Crippen molar-refractivity contribution in [2.24, 2.45) is 0 Å². The molecule has 1 aliphatic heterocycles. The summed E-state index contributed by atoms with van der Waals surface area (Å²) < 4.78 is 16.0. The van der Waals surface area contributed by atoms with Crippen molar-refractivity contribution in [3.8, 4) is 11.5 Å². The molecule has 3 rings (SSSR count). The maximum absolute atomic E-state index is 12.4. The van der Waals surface area contributed by atoms with Gasteiger partial charge in [0.1, 0.15) is 0 Å². The number of methoxy groups -OCH3 is 1. The van der Waals surface area contributed by atoms with E-state index in [2.05, 4.69) is 5.32 Å². The van der Waals surface area contributed by atoms with Gasteiger partial charge in [0, 0.05) is 17.3 Å². The highest BCUT2D eigenvalue weighted by Crippen LogP contribution is 2.32. The number of esters is 1. The number of benzene rings is 2. The van der Waals surface area contributed by atoms with Crippen molar-refractivity contribution in [2.75, 3.05) is 25.6 Å². The molecule has 31 heavy (non-hydrogen) atoms. The van der Waals surface area contributed by atoms with E-state index in [0.29, 0.717) is 29.4 Å². The summed E-state index contributed by atoms with van der Waals surface area (Å²) in [7, 11) is 1.55.